The molecule has 0 aliphatic carbocycles. The van der Waals surface area contributed by atoms with Gasteiger partial charge in [-0.2, -0.15) is 11.8 Å². The molecule has 1 aromatic heterocycles. The third-order valence-electron chi connectivity index (χ3n) is 1.79. The van der Waals surface area contributed by atoms with Crippen LogP contribution in [0.2, 0.25) is 5.15 Å². The van der Waals surface area contributed by atoms with Gasteiger partial charge in [0.15, 0.2) is 11.0 Å². The quantitative estimate of drug-likeness (QED) is 0.846. The summed E-state index contributed by atoms with van der Waals surface area (Å²) >= 11 is 7.70. The fraction of sp³-hybridized carbons (Fsp3) is 0.556. The van der Waals surface area contributed by atoms with Crippen molar-refractivity contribution in [2.24, 2.45) is 0 Å². The zero-order chi connectivity index (χ0) is 10.4. The summed E-state index contributed by atoms with van der Waals surface area (Å²) in [7, 11) is 0. The van der Waals surface area contributed by atoms with Crippen LogP contribution in [-0.4, -0.2) is 28.0 Å². The molecule has 5 heteroatoms. The van der Waals surface area contributed by atoms with Gasteiger partial charge in [-0.15, -0.1) is 0 Å². The van der Waals surface area contributed by atoms with Crippen molar-refractivity contribution in [3.8, 4) is 0 Å². The molecular formula is C9H14ClN3S. The maximum Gasteiger partial charge on any atom is 0.171 e. The Bertz CT molecular complexity index is 283. The molecule has 1 N–H and O–H groups in total. The summed E-state index contributed by atoms with van der Waals surface area (Å²) in [5.41, 5.74) is 0. The summed E-state index contributed by atoms with van der Waals surface area (Å²) in [6.45, 7) is 2.11. The van der Waals surface area contributed by atoms with Crippen LogP contribution in [0, 0.1) is 0 Å². The largest absolute Gasteiger partial charge is 0.365 e. The Morgan fingerprint density at radius 3 is 2.86 bits per heavy atom. The van der Waals surface area contributed by atoms with E-state index >= 15 is 0 Å². The van der Waals surface area contributed by atoms with Crippen LogP contribution in [0.25, 0.3) is 0 Å². The maximum absolute atomic E-state index is 5.86. The molecular weight excluding hydrogens is 218 g/mol. The first-order valence-corrected chi connectivity index (χ1v) is 6.23. The minimum Gasteiger partial charge on any atom is -0.365 e. The number of nitrogens with zero attached hydrogens (tertiary/aromatic N) is 2. The first kappa shape index (κ1) is 11.6. The highest BCUT2D eigenvalue weighted by molar-refractivity contribution is 7.98. The highest BCUT2D eigenvalue weighted by Crippen LogP contribution is 2.16. The smallest absolute Gasteiger partial charge is 0.171 e. The number of rotatable bonds is 5. The Kier molecular flexibility index (Phi) is 5.04. The summed E-state index contributed by atoms with van der Waals surface area (Å²) in [5.74, 6) is 1.80. The first-order valence-electron chi connectivity index (χ1n) is 4.46. The fourth-order valence-electron chi connectivity index (χ4n) is 1.02. The predicted molar refractivity (Wildman–Crippen MR) is 63.1 cm³/mol. The lowest BCUT2D eigenvalue weighted by Crippen LogP contribution is -2.17. The maximum atomic E-state index is 5.86. The molecule has 0 spiro atoms. The van der Waals surface area contributed by atoms with Crippen LogP contribution in [0.5, 0.6) is 0 Å². The second-order valence-corrected chi connectivity index (χ2v) is 4.37. The average Bonchev–Trinajstić information content (AvgIpc) is 2.18. The first-order chi connectivity index (χ1) is 6.74. The lowest BCUT2D eigenvalue weighted by molar-refractivity contribution is 0.766. The van der Waals surface area contributed by atoms with Gasteiger partial charge in [-0.3, -0.25) is 0 Å². The van der Waals surface area contributed by atoms with Gasteiger partial charge in [-0.1, -0.05) is 11.6 Å². The minimum atomic E-state index is 0.372. The van der Waals surface area contributed by atoms with Gasteiger partial charge in [0.25, 0.3) is 0 Å². The van der Waals surface area contributed by atoms with E-state index in [1.165, 1.54) is 0 Å². The van der Waals surface area contributed by atoms with E-state index in [2.05, 4.69) is 28.5 Å². The molecule has 0 amide bonds. The monoisotopic (exact) mass is 231 g/mol. The lowest BCUT2D eigenvalue weighted by atomic mass is 10.2. The molecule has 0 radical (unpaired) electrons. The van der Waals surface area contributed by atoms with Crippen molar-refractivity contribution in [1.29, 1.82) is 0 Å². The molecule has 0 saturated heterocycles. The second kappa shape index (κ2) is 6.09. The van der Waals surface area contributed by atoms with Crippen molar-refractivity contribution in [2.75, 3.05) is 17.3 Å². The molecule has 0 aliphatic heterocycles. The number of nitrogens with one attached hydrogen (secondary N) is 1. The van der Waals surface area contributed by atoms with Gasteiger partial charge in [-0.25, -0.2) is 9.97 Å². The number of aromatic nitrogens is 2. The lowest BCUT2D eigenvalue weighted by Gasteiger charge is -2.13. The Morgan fingerprint density at radius 1 is 1.50 bits per heavy atom. The summed E-state index contributed by atoms with van der Waals surface area (Å²) in [6.07, 6.45) is 6.41. The summed E-state index contributed by atoms with van der Waals surface area (Å²) in [6, 6.07) is 0.372. The molecule has 1 aromatic rings. The third-order valence-corrected chi connectivity index (χ3v) is 2.71. The van der Waals surface area contributed by atoms with E-state index in [1.807, 2.05) is 11.8 Å². The highest BCUT2D eigenvalue weighted by Gasteiger charge is 2.05. The minimum absolute atomic E-state index is 0.372. The zero-order valence-electron chi connectivity index (χ0n) is 8.33. The van der Waals surface area contributed by atoms with E-state index in [9.17, 15) is 0 Å². The molecule has 0 saturated carbocycles. The Balaban J connectivity index is 2.47. The highest BCUT2D eigenvalue weighted by atomic mass is 35.5. The van der Waals surface area contributed by atoms with Crippen molar-refractivity contribution in [3.05, 3.63) is 17.5 Å². The molecule has 3 nitrogen and oxygen atoms in total. The number of halogens is 1. The topological polar surface area (TPSA) is 37.8 Å². The molecule has 0 aliphatic rings. The van der Waals surface area contributed by atoms with E-state index in [-0.39, 0.29) is 0 Å². The van der Waals surface area contributed by atoms with Crippen LogP contribution in [0.15, 0.2) is 12.4 Å². The SMILES string of the molecule is CSCCC(C)Nc1nccnc1Cl. The van der Waals surface area contributed by atoms with E-state index in [4.69, 9.17) is 11.6 Å². The van der Waals surface area contributed by atoms with E-state index in [0.717, 1.165) is 12.2 Å². The third kappa shape index (κ3) is 3.72. The molecule has 14 heavy (non-hydrogen) atoms. The Hall–Kier alpha value is -0.480. The van der Waals surface area contributed by atoms with Gasteiger partial charge in [-0.05, 0) is 25.4 Å². The molecule has 0 aromatic carbocycles. The summed E-state index contributed by atoms with van der Waals surface area (Å²) in [5, 5.41) is 3.66. The van der Waals surface area contributed by atoms with E-state index in [0.29, 0.717) is 17.0 Å². The zero-order valence-corrected chi connectivity index (χ0v) is 9.90. The molecule has 0 fully saturated rings. The number of hydrogen-bond acceptors (Lipinski definition) is 4. The van der Waals surface area contributed by atoms with Crippen LogP contribution in [-0.2, 0) is 0 Å². The summed E-state index contributed by atoms with van der Waals surface area (Å²) in [4.78, 5) is 8.06. The van der Waals surface area contributed by atoms with Crippen LogP contribution in [0.1, 0.15) is 13.3 Å². The van der Waals surface area contributed by atoms with Crippen molar-refractivity contribution in [3.63, 3.8) is 0 Å². The molecule has 1 heterocycles. The molecule has 0 bridgehead atoms. The number of hydrogen-bond donors (Lipinski definition) is 1. The standard InChI is InChI=1S/C9H14ClN3S/c1-7(3-6-14-2)13-9-8(10)11-4-5-12-9/h4-5,7H,3,6H2,1-2H3,(H,12,13). The molecule has 1 rings (SSSR count). The number of thioether (sulfide) groups is 1. The Labute approximate surface area is 93.7 Å². The van der Waals surface area contributed by atoms with Crippen molar-refractivity contribution >= 4 is 29.2 Å². The van der Waals surface area contributed by atoms with Crippen LogP contribution in [0.4, 0.5) is 5.82 Å². The second-order valence-electron chi connectivity index (χ2n) is 3.02. The van der Waals surface area contributed by atoms with E-state index < -0.39 is 0 Å². The van der Waals surface area contributed by atoms with Gasteiger partial charge in [0.2, 0.25) is 0 Å². The van der Waals surface area contributed by atoms with Crippen LogP contribution in [0.3, 0.4) is 0 Å². The van der Waals surface area contributed by atoms with Gasteiger partial charge < -0.3 is 5.32 Å². The summed E-state index contributed by atoms with van der Waals surface area (Å²) < 4.78 is 0. The molecule has 1 atom stereocenters. The van der Waals surface area contributed by atoms with Gasteiger partial charge in [0.1, 0.15) is 0 Å². The van der Waals surface area contributed by atoms with Crippen molar-refractivity contribution in [2.45, 2.75) is 19.4 Å². The predicted octanol–water partition coefficient (Wildman–Crippen LogP) is 2.68. The fourth-order valence-corrected chi connectivity index (χ4v) is 1.77. The molecule has 78 valence electrons. The molecule has 1 unspecified atom stereocenters. The number of anilines is 1. The van der Waals surface area contributed by atoms with Crippen LogP contribution < -0.4 is 5.32 Å². The normalized spacial score (nSPS) is 12.5. The van der Waals surface area contributed by atoms with Crippen LogP contribution >= 0.6 is 23.4 Å². The van der Waals surface area contributed by atoms with Gasteiger partial charge >= 0.3 is 0 Å². The van der Waals surface area contributed by atoms with Crippen molar-refractivity contribution in [1.82, 2.24) is 9.97 Å². The van der Waals surface area contributed by atoms with Gasteiger partial charge in [0.05, 0.1) is 0 Å². The average molecular weight is 232 g/mol. The Morgan fingerprint density at radius 2 is 2.21 bits per heavy atom. The van der Waals surface area contributed by atoms with E-state index in [1.54, 1.807) is 12.4 Å². The van der Waals surface area contributed by atoms with Crippen molar-refractivity contribution < 1.29 is 0 Å². The van der Waals surface area contributed by atoms with Gasteiger partial charge in [0, 0.05) is 18.4 Å².